The van der Waals surface area contributed by atoms with Gasteiger partial charge in [0.25, 0.3) is 0 Å². The van der Waals surface area contributed by atoms with Crippen molar-refractivity contribution in [1.82, 2.24) is 0 Å². The molecule has 2 heteroatoms. The lowest BCUT2D eigenvalue weighted by molar-refractivity contribution is 0.930. The maximum absolute atomic E-state index is 4.39. The van der Waals surface area contributed by atoms with Crippen LogP contribution in [0.3, 0.4) is 0 Å². The largest absolute Gasteiger partial charge is 0.266 e. The van der Waals surface area contributed by atoms with Crippen molar-refractivity contribution in [3.8, 4) is 0 Å². The maximum atomic E-state index is 4.39. The Morgan fingerprint density at radius 2 is 2.00 bits per heavy atom. The Kier molecular flexibility index (Phi) is 5.34. The zero-order valence-corrected chi connectivity index (χ0v) is 10.7. The molecule has 0 aliphatic rings. The summed E-state index contributed by atoms with van der Waals surface area (Å²) in [6.45, 7) is 12.4. The van der Waals surface area contributed by atoms with Crippen LogP contribution in [0.25, 0.3) is 0 Å². The highest BCUT2D eigenvalue weighted by atomic mass is 14.9. The number of allylic oxidation sites excluding steroid dienone is 1. The van der Waals surface area contributed by atoms with E-state index in [9.17, 15) is 0 Å². The predicted molar refractivity (Wildman–Crippen MR) is 76.3 cm³/mol. The molecule has 0 saturated carbocycles. The molecule has 0 bridgehead atoms. The van der Waals surface area contributed by atoms with E-state index < -0.39 is 0 Å². The molecule has 0 heterocycles. The van der Waals surface area contributed by atoms with Gasteiger partial charge in [-0.05, 0) is 24.6 Å². The van der Waals surface area contributed by atoms with Gasteiger partial charge >= 0.3 is 0 Å². The van der Waals surface area contributed by atoms with E-state index >= 15 is 0 Å². The van der Waals surface area contributed by atoms with Crippen molar-refractivity contribution < 1.29 is 0 Å². The standard InChI is InChI=1S/C15H20N2/c1-5-11-17-15(16-4)14-9-7-13(8-10-14)12(3)6-2/h6-10,12H,2,4-5,11H2,1,3H3. The van der Waals surface area contributed by atoms with E-state index in [0.717, 1.165) is 24.4 Å². The molecule has 90 valence electrons. The van der Waals surface area contributed by atoms with Gasteiger partial charge < -0.3 is 0 Å². The van der Waals surface area contributed by atoms with E-state index in [0.29, 0.717) is 5.92 Å². The highest BCUT2D eigenvalue weighted by Gasteiger charge is 2.03. The smallest absolute Gasteiger partial charge is 0.153 e. The third-order valence-electron chi connectivity index (χ3n) is 2.68. The lowest BCUT2D eigenvalue weighted by Crippen LogP contribution is -1.99. The fraction of sp³-hybridized carbons (Fsp3) is 0.333. The van der Waals surface area contributed by atoms with Crippen molar-refractivity contribution in [2.75, 3.05) is 6.54 Å². The molecule has 0 spiro atoms. The van der Waals surface area contributed by atoms with Crippen LogP contribution in [-0.4, -0.2) is 19.1 Å². The molecule has 0 aliphatic carbocycles. The molecular weight excluding hydrogens is 208 g/mol. The highest BCUT2D eigenvalue weighted by Crippen LogP contribution is 2.17. The van der Waals surface area contributed by atoms with Gasteiger partial charge in [0.1, 0.15) is 0 Å². The average Bonchev–Trinajstić information content (AvgIpc) is 2.39. The molecule has 1 aromatic rings. The summed E-state index contributed by atoms with van der Waals surface area (Å²) >= 11 is 0. The van der Waals surface area contributed by atoms with E-state index in [1.54, 1.807) is 0 Å². The molecule has 17 heavy (non-hydrogen) atoms. The normalized spacial score (nSPS) is 13.2. The number of aliphatic imine (C=N–C) groups is 2. The minimum Gasteiger partial charge on any atom is -0.266 e. The monoisotopic (exact) mass is 228 g/mol. The SMILES string of the molecule is C=CC(C)c1ccc(C(N=C)=NCCC)cc1. The fourth-order valence-corrected chi connectivity index (χ4v) is 1.52. The van der Waals surface area contributed by atoms with Crippen LogP contribution < -0.4 is 0 Å². The molecule has 0 aliphatic heterocycles. The minimum atomic E-state index is 0.372. The maximum Gasteiger partial charge on any atom is 0.153 e. The van der Waals surface area contributed by atoms with Crippen LogP contribution >= 0.6 is 0 Å². The number of amidine groups is 1. The van der Waals surface area contributed by atoms with E-state index in [4.69, 9.17) is 0 Å². The van der Waals surface area contributed by atoms with Crippen LogP contribution in [0.1, 0.15) is 37.3 Å². The lowest BCUT2D eigenvalue weighted by atomic mass is 10.00. The van der Waals surface area contributed by atoms with Gasteiger partial charge in [-0.3, -0.25) is 4.99 Å². The quantitative estimate of drug-likeness (QED) is 0.415. The topological polar surface area (TPSA) is 24.7 Å². The lowest BCUT2D eigenvalue weighted by Gasteiger charge is -2.07. The number of benzene rings is 1. The number of hydrogen-bond acceptors (Lipinski definition) is 1. The van der Waals surface area contributed by atoms with Crippen molar-refractivity contribution in [2.45, 2.75) is 26.2 Å². The molecule has 0 amide bonds. The molecule has 1 rings (SSSR count). The van der Waals surface area contributed by atoms with E-state index in [1.807, 2.05) is 18.2 Å². The molecule has 0 fully saturated rings. The molecule has 0 radical (unpaired) electrons. The first-order valence-electron chi connectivity index (χ1n) is 5.97. The Hall–Kier alpha value is -1.70. The molecule has 0 N–H and O–H groups in total. The first-order chi connectivity index (χ1) is 8.22. The zero-order valence-electron chi connectivity index (χ0n) is 10.7. The van der Waals surface area contributed by atoms with Gasteiger partial charge in [0, 0.05) is 12.1 Å². The highest BCUT2D eigenvalue weighted by molar-refractivity contribution is 6.01. The van der Waals surface area contributed by atoms with Crippen LogP contribution in [0.4, 0.5) is 0 Å². The summed E-state index contributed by atoms with van der Waals surface area (Å²) in [5.74, 6) is 1.10. The van der Waals surface area contributed by atoms with Crippen molar-refractivity contribution in [2.24, 2.45) is 9.98 Å². The first-order valence-corrected chi connectivity index (χ1v) is 5.97. The third kappa shape index (κ3) is 3.66. The van der Waals surface area contributed by atoms with E-state index in [1.165, 1.54) is 5.56 Å². The minimum absolute atomic E-state index is 0.372. The molecule has 0 saturated heterocycles. The van der Waals surface area contributed by atoms with E-state index in [-0.39, 0.29) is 0 Å². The average molecular weight is 228 g/mol. The van der Waals surface area contributed by atoms with Crippen LogP contribution in [0.2, 0.25) is 0 Å². The Bertz CT molecular complexity index is 401. The number of nitrogens with zero attached hydrogens (tertiary/aromatic N) is 2. The molecule has 0 aromatic heterocycles. The summed E-state index contributed by atoms with van der Waals surface area (Å²) in [4.78, 5) is 8.36. The van der Waals surface area contributed by atoms with Crippen molar-refractivity contribution in [3.05, 3.63) is 48.0 Å². The van der Waals surface area contributed by atoms with Gasteiger partial charge in [-0.1, -0.05) is 44.2 Å². The molecule has 2 nitrogen and oxygen atoms in total. The van der Waals surface area contributed by atoms with Crippen molar-refractivity contribution in [3.63, 3.8) is 0 Å². The molecule has 1 atom stereocenters. The number of rotatable bonds is 5. The third-order valence-corrected chi connectivity index (χ3v) is 2.68. The summed E-state index contributed by atoms with van der Waals surface area (Å²) in [5.41, 5.74) is 2.27. The zero-order chi connectivity index (χ0) is 12.7. The predicted octanol–water partition coefficient (Wildman–Crippen LogP) is 3.83. The Labute approximate surface area is 104 Å². The summed E-state index contributed by atoms with van der Waals surface area (Å²) < 4.78 is 0. The summed E-state index contributed by atoms with van der Waals surface area (Å²) in [5, 5.41) is 0. The van der Waals surface area contributed by atoms with Gasteiger partial charge in [0.15, 0.2) is 5.84 Å². The Morgan fingerprint density at radius 1 is 1.35 bits per heavy atom. The van der Waals surface area contributed by atoms with Gasteiger partial charge in [0.05, 0.1) is 0 Å². The summed E-state index contributed by atoms with van der Waals surface area (Å²) in [7, 11) is 0. The molecular formula is C15H20N2. The van der Waals surface area contributed by atoms with Crippen molar-refractivity contribution >= 4 is 12.6 Å². The molecule has 1 unspecified atom stereocenters. The summed E-state index contributed by atoms with van der Waals surface area (Å²) in [6.07, 6.45) is 2.96. The Balaban J connectivity index is 2.92. The van der Waals surface area contributed by atoms with Crippen LogP contribution in [0.15, 0.2) is 46.9 Å². The molecule has 1 aromatic carbocycles. The van der Waals surface area contributed by atoms with Gasteiger partial charge in [-0.15, -0.1) is 6.58 Å². The second kappa shape index (κ2) is 6.79. The van der Waals surface area contributed by atoms with Crippen LogP contribution in [0, 0.1) is 0 Å². The fourth-order valence-electron chi connectivity index (χ4n) is 1.52. The van der Waals surface area contributed by atoms with Crippen LogP contribution in [0.5, 0.6) is 0 Å². The first kappa shape index (κ1) is 13.4. The number of hydrogen-bond donors (Lipinski definition) is 0. The van der Waals surface area contributed by atoms with Crippen LogP contribution in [-0.2, 0) is 0 Å². The Morgan fingerprint density at radius 3 is 2.47 bits per heavy atom. The second-order valence-electron chi connectivity index (χ2n) is 4.01. The van der Waals surface area contributed by atoms with Gasteiger partial charge in [-0.25, -0.2) is 4.99 Å². The second-order valence-corrected chi connectivity index (χ2v) is 4.01. The summed E-state index contributed by atoms with van der Waals surface area (Å²) in [6, 6.07) is 8.26. The van der Waals surface area contributed by atoms with Gasteiger partial charge in [-0.2, -0.15) is 0 Å². The van der Waals surface area contributed by atoms with Crippen molar-refractivity contribution in [1.29, 1.82) is 0 Å². The van der Waals surface area contributed by atoms with Gasteiger partial charge in [0.2, 0.25) is 0 Å². The van der Waals surface area contributed by atoms with E-state index in [2.05, 4.69) is 49.3 Å².